The van der Waals surface area contributed by atoms with E-state index in [-0.39, 0.29) is 31.6 Å². The number of imide groups is 1. The summed E-state index contributed by atoms with van der Waals surface area (Å²) in [4.78, 5) is 42.1. The fourth-order valence-corrected chi connectivity index (χ4v) is 7.61. The second-order valence-corrected chi connectivity index (χ2v) is 13.7. The summed E-state index contributed by atoms with van der Waals surface area (Å²) in [6.07, 6.45) is 3.63. The molecule has 1 aromatic heterocycles. The molecule has 41 heavy (non-hydrogen) atoms. The van der Waals surface area contributed by atoms with Crippen molar-refractivity contribution in [1.29, 1.82) is 0 Å². The number of rotatable bonds is 9. The number of benzene rings is 2. The van der Waals surface area contributed by atoms with Gasteiger partial charge in [0.05, 0.1) is 17.1 Å². The normalized spacial score (nSPS) is 15.6. The fourth-order valence-electron chi connectivity index (χ4n) is 4.82. The predicted octanol–water partition coefficient (Wildman–Crippen LogP) is 5.19. The molecule has 10 nitrogen and oxygen atoms in total. The SMILES string of the molecule is O=C(Nc1ccc(N2C(=O)Cc3cc(NCCCN4CCCC4)ccc3C2=O)cc1)NS(=O)(=O)c1cc(Cl)c(Cl)s1. The van der Waals surface area contributed by atoms with E-state index in [2.05, 4.69) is 15.5 Å². The number of carbonyl (C=O) groups is 3. The van der Waals surface area contributed by atoms with Crippen molar-refractivity contribution in [3.63, 3.8) is 0 Å². The molecule has 0 radical (unpaired) electrons. The smallest absolute Gasteiger partial charge is 0.333 e. The Hall–Kier alpha value is -3.16. The Kier molecular flexibility index (Phi) is 8.85. The second kappa shape index (κ2) is 12.4. The Morgan fingerprint density at radius 3 is 2.37 bits per heavy atom. The van der Waals surface area contributed by atoms with E-state index in [4.69, 9.17) is 23.2 Å². The number of likely N-dealkylation sites (tertiary alicyclic amines) is 1. The number of nitrogens with one attached hydrogen (secondary N) is 3. The van der Waals surface area contributed by atoms with Crippen molar-refractivity contribution < 1.29 is 22.8 Å². The molecule has 2 aliphatic heterocycles. The molecule has 3 N–H and O–H groups in total. The van der Waals surface area contributed by atoms with Crippen LogP contribution in [0.2, 0.25) is 9.36 Å². The van der Waals surface area contributed by atoms with Gasteiger partial charge in [-0.05, 0) is 93.0 Å². The van der Waals surface area contributed by atoms with Crippen molar-refractivity contribution in [2.24, 2.45) is 0 Å². The lowest BCUT2D eigenvalue weighted by Gasteiger charge is -2.27. The van der Waals surface area contributed by atoms with E-state index in [1.807, 2.05) is 16.9 Å². The molecule has 0 saturated carbocycles. The summed E-state index contributed by atoms with van der Waals surface area (Å²) in [7, 11) is -4.18. The van der Waals surface area contributed by atoms with Gasteiger partial charge in [-0.25, -0.2) is 22.8 Å². The third-order valence-corrected chi connectivity index (χ3v) is 10.5. The van der Waals surface area contributed by atoms with Crippen LogP contribution in [0.4, 0.5) is 21.9 Å². The van der Waals surface area contributed by atoms with E-state index in [9.17, 15) is 22.8 Å². The van der Waals surface area contributed by atoms with Crippen LogP contribution < -0.4 is 20.3 Å². The minimum absolute atomic E-state index is 0.0675. The van der Waals surface area contributed by atoms with E-state index in [0.29, 0.717) is 16.8 Å². The minimum atomic E-state index is -4.18. The molecule has 0 unspecified atom stereocenters. The zero-order valence-electron chi connectivity index (χ0n) is 21.8. The summed E-state index contributed by atoms with van der Waals surface area (Å²) >= 11 is 12.3. The van der Waals surface area contributed by atoms with Crippen LogP contribution in [0, 0.1) is 0 Å². The van der Waals surface area contributed by atoms with Crippen LogP contribution in [0.5, 0.6) is 0 Å². The highest BCUT2D eigenvalue weighted by Gasteiger charge is 2.32. The summed E-state index contributed by atoms with van der Waals surface area (Å²) in [6, 6.07) is 11.5. The largest absolute Gasteiger partial charge is 0.385 e. The number of nitrogens with zero attached hydrogens (tertiary/aromatic N) is 2. The van der Waals surface area contributed by atoms with Gasteiger partial charge in [-0.1, -0.05) is 23.2 Å². The lowest BCUT2D eigenvalue weighted by atomic mass is 9.97. The van der Waals surface area contributed by atoms with E-state index < -0.39 is 22.0 Å². The number of anilines is 3. The van der Waals surface area contributed by atoms with E-state index >= 15 is 0 Å². The van der Waals surface area contributed by atoms with Crippen molar-refractivity contribution in [3.05, 3.63) is 69.0 Å². The number of hydrogen-bond donors (Lipinski definition) is 3. The molecule has 3 aromatic rings. The molecule has 0 spiro atoms. The van der Waals surface area contributed by atoms with Crippen LogP contribution in [0.1, 0.15) is 35.2 Å². The number of urea groups is 1. The summed E-state index contributed by atoms with van der Waals surface area (Å²) in [5.41, 5.74) is 2.58. The quantitative estimate of drug-likeness (QED) is 0.218. The van der Waals surface area contributed by atoms with Crippen molar-refractivity contribution in [3.8, 4) is 0 Å². The summed E-state index contributed by atoms with van der Waals surface area (Å²) < 4.78 is 26.6. The predicted molar refractivity (Wildman–Crippen MR) is 161 cm³/mol. The average molecular weight is 637 g/mol. The molecular weight excluding hydrogens is 609 g/mol. The van der Waals surface area contributed by atoms with Crippen LogP contribution in [-0.2, 0) is 21.2 Å². The van der Waals surface area contributed by atoms with Gasteiger partial charge in [0, 0.05) is 23.5 Å². The van der Waals surface area contributed by atoms with Gasteiger partial charge >= 0.3 is 6.03 Å². The number of halogens is 2. The zero-order valence-corrected chi connectivity index (χ0v) is 24.9. The maximum atomic E-state index is 13.2. The molecule has 2 aliphatic rings. The number of fused-ring (bicyclic) bond motifs is 1. The second-order valence-electron chi connectivity index (χ2n) is 9.71. The maximum absolute atomic E-state index is 13.2. The van der Waals surface area contributed by atoms with E-state index in [1.165, 1.54) is 50.2 Å². The third kappa shape index (κ3) is 6.84. The highest BCUT2D eigenvalue weighted by atomic mass is 35.5. The Morgan fingerprint density at radius 1 is 0.976 bits per heavy atom. The summed E-state index contributed by atoms with van der Waals surface area (Å²) in [6.45, 7) is 4.20. The van der Waals surface area contributed by atoms with Crippen molar-refractivity contribution >= 4 is 79.5 Å². The average Bonchev–Trinajstić information content (AvgIpc) is 3.57. The van der Waals surface area contributed by atoms with Crippen molar-refractivity contribution in [1.82, 2.24) is 9.62 Å². The lowest BCUT2D eigenvalue weighted by Crippen LogP contribution is -2.42. The molecular formula is C27H27Cl2N5O5S2. The number of amides is 4. The minimum Gasteiger partial charge on any atom is -0.385 e. The monoisotopic (exact) mass is 635 g/mol. The van der Waals surface area contributed by atoms with E-state index in [0.717, 1.165) is 47.5 Å². The first kappa shape index (κ1) is 29.3. The molecule has 216 valence electrons. The molecule has 14 heteroatoms. The first-order valence-corrected chi connectivity index (χ1v) is 16.0. The summed E-state index contributed by atoms with van der Waals surface area (Å²) in [5.74, 6) is -0.804. The van der Waals surface area contributed by atoms with Crippen LogP contribution in [-0.4, -0.2) is 57.3 Å². The molecule has 4 amide bonds. The topological polar surface area (TPSA) is 128 Å². The first-order chi connectivity index (χ1) is 19.6. The number of sulfonamides is 1. The van der Waals surface area contributed by atoms with Gasteiger partial charge in [0.1, 0.15) is 8.55 Å². The number of carbonyl (C=O) groups excluding carboxylic acids is 3. The number of hydrogen-bond acceptors (Lipinski definition) is 8. The highest BCUT2D eigenvalue weighted by molar-refractivity contribution is 7.92. The number of thiophene rings is 1. The molecule has 2 aromatic carbocycles. The standard InChI is InChI=1S/C27H27Cl2N5O5S2/c28-22-16-24(40-25(22)29)41(38,39)32-27(37)31-18-4-7-20(8-5-18)34-23(35)15-17-14-19(6-9-21(17)26(34)36)30-10-3-13-33-11-1-2-12-33/h4-9,14,16,30H,1-3,10-13,15H2,(H2,31,32,37). The van der Waals surface area contributed by atoms with Gasteiger partial charge in [-0.2, -0.15) is 0 Å². The maximum Gasteiger partial charge on any atom is 0.333 e. The first-order valence-electron chi connectivity index (χ1n) is 13.0. The molecule has 1 fully saturated rings. The van der Waals surface area contributed by atoms with Gasteiger partial charge in [-0.15, -0.1) is 11.3 Å². The van der Waals surface area contributed by atoms with Crippen LogP contribution in [0.3, 0.4) is 0 Å². The molecule has 0 aliphatic carbocycles. The van der Waals surface area contributed by atoms with Gasteiger partial charge in [0.15, 0.2) is 0 Å². The van der Waals surface area contributed by atoms with Crippen molar-refractivity contribution in [2.45, 2.75) is 29.9 Å². The Labute approximate surface area is 251 Å². The highest BCUT2D eigenvalue weighted by Crippen LogP contribution is 2.34. The summed E-state index contributed by atoms with van der Waals surface area (Å²) in [5, 5.41) is 5.87. The van der Waals surface area contributed by atoms with Crippen molar-refractivity contribution in [2.75, 3.05) is 41.7 Å². The lowest BCUT2D eigenvalue weighted by molar-refractivity contribution is -0.117. The molecule has 5 rings (SSSR count). The van der Waals surface area contributed by atoms with Gasteiger partial charge in [-0.3, -0.25) is 9.59 Å². The van der Waals surface area contributed by atoms with Crippen LogP contribution in [0.25, 0.3) is 0 Å². The Morgan fingerprint density at radius 2 is 1.68 bits per heavy atom. The molecule has 1 saturated heterocycles. The Balaban J connectivity index is 1.19. The van der Waals surface area contributed by atoms with Gasteiger partial charge in [0.25, 0.3) is 15.9 Å². The fraction of sp³-hybridized carbons (Fsp3) is 0.296. The molecule has 0 atom stereocenters. The molecule has 0 bridgehead atoms. The van der Waals surface area contributed by atoms with Gasteiger partial charge in [0.2, 0.25) is 5.91 Å². The zero-order chi connectivity index (χ0) is 29.1. The third-order valence-electron chi connectivity index (χ3n) is 6.81. The molecule has 3 heterocycles. The van der Waals surface area contributed by atoms with Gasteiger partial charge < -0.3 is 15.5 Å². The van der Waals surface area contributed by atoms with E-state index in [1.54, 1.807) is 6.07 Å². The Bertz CT molecular complexity index is 1570. The van der Waals surface area contributed by atoms with Crippen LogP contribution >= 0.6 is 34.5 Å². The van der Waals surface area contributed by atoms with Crippen LogP contribution in [0.15, 0.2) is 52.7 Å².